The largest absolute Gasteiger partial charge is 0.353 e. The van der Waals surface area contributed by atoms with Gasteiger partial charge in [0, 0.05) is 19.1 Å². The highest BCUT2D eigenvalue weighted by Gasteiger charge is 2.27. The topological polar surface area (TPSA) is 99.0 Å². The Morgan fingerprint density at radius 2 is 1.89 bits per heavy atom. The van der Waals surface area contributed by atoms with Crippen LogP contribution in [0.5, 0.6) is 0 Å². The molecule has 1 saturated heterocycles. The average Bonchev–Trinajstić information content (AvgIpc) is 3.08. The van der Waals surface area contributed by atoms with Crippen molar-refractivity contribution in [3.8, 4) is 6.07 Å². The molecule has 0 saturated carbocycles. The van der Waals surface area contributed by atoms with E-state index in [9.17, 15) is 8.42 Å². The van der Waals surface area contributed by atoms with Gasteiger partial charge in [-0.1, -0.05) is 45.0 Å². The van der Waals surface area contributed by atoms with Crippen LogP contribution in [-0.2, 0) is 21.2 Å². The fourth-order valence-corrected chi connectivity index (χ4v) is 4.65. The Morgan fingerprint density at radius 3 is 2.46 bits per heavy atom. The third-order valence-electron chi connectivity index (χ3n) is 4.80. The van der Waals surface area contributed by atoms with Crippen molar-refractivity contribution in [3.05, 3.63) is 53.2 Å². The summed E-state index contributed by atoms with van der Waals surface area (Å²) in [6, 6.07) is 12.9. The maximum Gasteiger partial charge on any atom is 0.216 e. The van der Waals surface area contributed by atoms with Gasteiger partial charge < -0.3 is 4.90 Å². The standard InChI is InChI=1S/C20H25N5O2S/c1-20(2,3)16-6-4-15(5-7-16)14-28(26,27)24-18-10-11-25(13-18)19-9-8-17(12-21)22-23-19/h4-9,18,24H,10-11,13-14H2,1-3H3/t18-/m0/s1. The predicted octanol–water partition coefficient (Wildman–Crippen LogP) is 2.34. The minimum Gasteiger partial charge on any atom is -0.353 e. The fraction of sp³-hybridized carbons (Fsp3) is 0.450. The van der Waals surface area contributed by atoms with Gasteiger partial charge in [0.05, 0.1) is 5.75 Å². The summed E-state index contributed by atoms with van der Waals surface area (Å²) in [7, 11) is -3.44. The minimum atomic E-state index is -3.44. The highest BCUT2D eigenvalue weighted by atomic mass is 32.2. The summed E-state index contributed by atoms with van der Waals surface area (Å²) in [6.45, 7) is 7.61. The first kappa shape index (κ1) is 20.2. The molecule has 0 spiro atoms. The van der Waals surface area contributed by atoms with Crippen LogP contribution in [0.3, 0.4) is 0 Å². The number of aromatic nitrogens is 2. The number of rotatable bonds is 5. The Hall–Kier alpha value is -2.50. The molecule has 0 radical (unpaired) electrons. The van der Waals surface area contributed by atoms with Crippen LogP contribution in [0.1, 0.15) is 44.0 Å². The van der Waals surface area contributed by atoms with Crippen molar-refractivity contribution in [2.45, 2.75) is 44.4 Å². The van der Waals surface area contributed by atoms with E-state index in [-0.39, 0.29) is 22.9 Å². The summed E-state index contributed by atoms with van der Waals surface area (Å²) < 4.78 is 27.9. The Labute approximate surface area is 166 Å². The second-order valence-electron chi connectivity index (χ2n) is 8.14. The lowest BCUT2D eigenvalue weighted by Crippen LogP contribution is -2.37. The van der Waals surface area contributed by atoms with Gasteiger partial charge in [0.25, 0.3) is 0 Å². The van der Waals surface area contributed by atoms with E-state index in [1.165, 1.54) is 5.56 Å². The summed E-state index contributed by atoms with van der Waals surface area (Å²) in [5, 5.41) is 16.7. The van der Waals surface area contributed by atoms with E-state index >= 15 is 0 Å². The lowest BCUT2D eigenvalue weighted by molar-refractivity contribution is 0.560. The molecule has 1 N–H and O–H groups in total. The Morgan fingerprint density at radius 1 is 1.18 bits per heavy atom. The SMILES string of the molecule is CC(C)(C)c1ccc(CS(=O)(=O)N[C@H]2CCN(c3ccc(C#N)nn3)C2)cc1. The maximum absolute atomic E-state index is 12.6. The van der Waals surface area contributed by atoms with Gasteiger partial charge in [-0.2, -0.15) is 5.26 Å². The van der Waals surface area contributed by atoms with Gasteiger partial charge in [-0.3, -0.25) is 0 Å². The van der Waals surface area contributed by atoms with Gasteiger partial charge in [0.15, 0.2) is 11.5 Å². The van der Waals surface area contributed by atoms with Crippen molar-refractivity contribution in [3.63, 3.8) is 0 Å². The number of nitrogens with one attached hydrogen (secondary N) is 1. The van der Waals surface area contributed by atoms with Crippen LogP contribution in [0.2, 0.25) is 0 Å². The summed E-state index contributed by atoms with van der Waals surface area (Å²) in [5.74, 6) is 0.614. The van der Waals surface area contributed by atoms with Gasteiger partial charge in [-0.05, 0) is 35.1 Å². The summed E-state index contributed by atoms with van der Waals surface area (Å²) in [5.41, 5.74) is 2.25. The Kier molecular flexibility index (Phi) is 5.68. The quantitative estimate of drug-likeness (QED) is 0.828. The van der Waals surface area contributed by atoms with Crippen molar-refractivity contribution in [2.75, 3.05) is 18.0 Å². The zero-order chi connectivity index (χ0) is 20.4. The number of nitrogens with zero attached hydrogens (tertiary/aromatic N) is 4. The molecule has 0 unspecified atom stereocenters. The summed E-state index contributed by atoms with van der Waals surface area (Å²) in [6.07, 6.45) is 0.698. The first-order valence-corrected chi connectivity index (χ1v) is 10.9. The van der Waals surface area contributed by atoms with E-state index in [2.05, 4.69) is 35.7 Å². The molecule has 1 aromatic carbocycles. The maximum atomic E-state index is 12.6. The molecule has 7 nitrogen and oxygen atoms in total. The van der Waals surface area contributed by atoms with Crippen molar-refractivity contribution >= 4 is 15.8 Å². The molecule has 2 aromatic rings. The molecular weight excluding hydrogens is 374 g/mol. The molecule has 148 valence electrons. The van der Waals surface area contributed by atoms with Gasteiger partial charge in [0.2, 0.25) is 10.0 Å². The highest BCUT2D eigenvalue weighted by molar-refractivity contribution is 7.88. The van der Waals surface area contributed by atoms with E-state index in [4.69, 9.17) is 5.26 Å². The fourth-order valence-electron chi connectivity index (χ4n) is 3.23. The van der Waals surface area contributed by atoms with E-state index in [0.717, 1.165) is 5.56 Å². The predicted molar refractivity (Wildman–Crippen MR) is 108 cm³/mol. The molecule has 1 atom stereocenters. The zero-order valence-electron chi connectivity index (χ0n) is 16.4. The summed E-state index contributed by atoms with van der Waals surface area (Å²) >= 11 is 0. The molecule has 0 bridgehead atoms. The number of nitriles is 1. The lowest BCUT2D eigenvalue weighted by atomic mass is 9.87. The van der Waals surface area contributed by atoms with Gasteiger partial charge >= 0.3 is 0 Å². The molecule has 1 aliphatic heterocycles. The van der Waals surface area contributed by atoms with Crippen LogP contribution in [0.15, 0.2) is 36.4 Å². The number of hydrogen-bond donors (Lipinski definition) is 1. The smallest absolute Gasteiger partial charge is 0.216 e. The third kappa shape index (κ3) is 5.06. The first-order valence-electron chi connectivity index (χ1n) is 9.24. The van der Waals surface area contributed by atoms with Crippen LogP contribution < -0.4 is 9.62 Å². The number of sulfonamides is 1. The summed E-state index contributed by atoms with van der Waals surface area (Å²) in [4.78, 5) is 1.97. The van der Waals surface area contributed by atoms with Crippen LogP contribution in [0.25, 0.3) is 0 Å². The van der Waals surface area contributed by atoms with Gasteiger partial charge in [-0.25, -0.2) is 13.1 Å². The highest BCUT2D eigenvalue weighted by Crippen LogP contribution is 2.23. The monoisotopic (exact) mass is 399 g/mol. The number of benzene rings is 1. The van der Waals surface area contributed by atoms with Crippen LogP contribution in [-0.4, -0.2) is 37.7 Å². The normalized spacial score (nSPS) is 17.5. The van der Waals surface area contributed by atoms with Crippen LogP contribution in [0, 0.1) is 11.3 Å². The third-order valence-corrected chi connectivity index (χ3v) is 6.21. The lowest BCUT2D eigenvalue weighted by Gasteiger charge is -2.19. The van der Waals surface area contributed by atoms with Crippen LogP contribution in [0.4, 0.5) is 5.82 Å². The Bertz CT molecular complexity index is 958. The van der Waals surface area contributed by atoms with Crippen molar-refractivity contribution in [2.24, 2.45) is 0 Å². The van der Waals surface area contributed by atoms with E-state index in [0.29, 0.717) is 25.3 Å². The molecule has 0 amide bonds. The number of hydrogen-bond acceptors (Lipinski definition) is 6. The molecule has 1 aliphatic rings. The zero-order valence-corrected chi connectivity index (χ0v) is 17.2. The van der Waals surface area contributed by atoms with Crippen LogP contribution >= 0.6 is 0 Å². The number of anilines is 1. The molecule has 1 fully saturated rings. The molecule has 1 aromatic heterocycles. The van der Waals surface area contributed by atoms with Gasteiger partial charge in [0.1, 0.15) is 6.07 Å². The molecule has 0 aliphatic carbocycles. The second kappa shape index (κ2) is 7.86. The van der Waals surface area contributed by atoms with Crippen molar-refractivity contribution in [1.82, 2.24) is 14.9 Å². The van der Waals surface area contributed by atoms with Crippen molar-refractivity contribution < 1.29 is 8.42 Å². The van der Waals surface area contributed by atoms with E-state index in [1.807, 2.05) is 35.2 Å². The van der Waals surface area contributed by atoms with Crippen molar-refractivity contribution in [1.29, 1.82) is 5.26 Å². The molecular formula is C20H25N5O2S. The average molecular weight is 400 g/mol. The Balaban J connectivity index is 1.59. The molecule has 8 heteroatoms. The second-order valence-corrected chi connectivity index (χ2v) is 9.90. The molecule has 2 heterocycles. The van der Waals surface area contributed by atoms with E-state index < -0.39 is 10.0 Å². The molecule has 3 rings (SSSR count). The minimum absolute atomic E-state index is 0.0371. The molecule has 28 heavy (non-hydrogen) atoms. The van der Waals surface area contributed by atoms with Gasteiger partial charge in [-0.15, -0.1) is 10.2 Å². The van der Waals surface area contributed by atoms with E-state index in [1.54, 1.807) is 12.1 Å². The first-order chi connectivity index (χ1) is 13.2.